The number of benzene rings is 1. The Morgan fingerprint density at radius 1 is 1.30 bits per heavy atom. The molecule has 1 aromatic carbocycles. The van der Waals surface area contributed by atoms with Crippen molar-refractivity contribution in [3.63, 3.8) is 0 Å². The van der Waals surface area contributed by atoms with E-state index >= 15 is 0 Å². The first-order valence-corrected chi connectivity index (χ1v) is 12.1. The van der Waals surface area contributed by atoms with E-state index in [1.54, 1.807) is 12.1 Å². The minimum Gasteiger partial charge on any atom is -0.349 e. The summed E-state index contributed by atoms with van der Waals surface area (Å²) in [6.07, 6.45) is 4.39. The predicted molar refractivity (Wildman–Crippen MR) is 117 cm³/mol. The summed E-state index contributed by atoms with van der Waals surface area (Å²) in [4.78, 5) is 13.2. The van der Waals surface area contributed by atoms with Gasteiger partial charge in [0.05, 0.1) is 11.1 Å². The quantitative estimate of drug-likeness (QED) is 0.729. The molecule has 3 rings (SSSR count). The Bertz CT molecular complexity index is 1020. The van der Waals surface area contributed by atoms with Crippen molar-refractivity contribution in [1.29, 1.82) is 0 Å². The van der Waals surface area contributed by atoms with Gasteiger partial charge in [-0.3, -0.25) is 9.48 Å². The van der Waals surface area contributed by atoms with Gasteiger partial charge in [-0.2, -0.15) is 9.40 Å². The number of carbonyl (C=O) groups is 1. The van der Waals surface area contributed by atoms with E-state index in [4.69, 9.17) is 0 Å². The van der Waals surface area contributed by atoms with Gasteiger partial charge in [-0.05, 0) is 56.9 Å². The topological polar surface area (TPSA) is 84.3 Å². The van der Waals surface area contributed by atoms with Gasteiger partial charge >= 0.3 is 0 Å². The van der Waals surface area contributed by atoms with Gasteiger partial charge in [-0.15, -0.1) is 0 Å². The molecule has 2 aromatic rings. The summed E-state index contributed by atoms with van der Waals surface area (Å²) in [5, 5.41) is 7.61. The van der Waals surface area contributed by atoms with E-state index in [9.17, 15) is 13.2 Å². The summed E-state index contributed by atoms with van der Waals surface area (Å²) in [6, 6.07) is 5.06. The van der Waals surface area contributed by atoms with Crippen molar-refractivity contribution in [2.24, 2.45) is 0 Å². The van der Waals surface area contributed by atoms with Crippen molar-refractivity contribution in [3.8, 4) is 0 Å². The van der Waals surface area contributed by atoms with E-state index in [1.165, 1.54) is 21.6 Å². The molecule has 30 heavy (non-hydrogen) atoms. The highest BCUT2D eigenvalue weighted by Gasteiger charge is 2.27. The molecule has 0 radical (unpaired) electrons. The molecule has 1 aromatic heterocycles. The number of aryl methyl sites for hydroxylation is 2. The van der Waals surface area contributed by atoms with Gasteiger partial charge in [0.1, 0.15) is 0 Å². The number of hydrogen-bond acceptors (Lipinski definition) is 4. The van der Waals surface area contributed by atoms with Crippen LogP contribution in [0.1, 0.15) is 67.3 Å². The largest absolute Gasteiger partial charge is 0.349 e. The van der Waals surface area contributed by atoms with Crippen LogP contribution in [0.15, 0.2) is 29.3 Å². The number of amides is 1. The molecule has 0 fully saturated rings. The van der Waals surface area contributed by atoms with Crippen LogP contribution in [0.25, 0.3) is 0 Å². The number of rotatable bonds is 7. The molecule has 8 heteroatoms. The summed E-state index contributed by atoms with van der Waals surface area (Å²) in [6.45, 7) is 10.4. The van der Waals surface area contributed by atoms with Crippen LogP contribution in [0.5, 0.6) is 0 Å². The SMILES string of the molecule is CCN(CC)S(=O)(=O)c1ccc(C)c(C(=O)N[C@@H]2CCc3cnn(C(C)C)c3C2)c1. The average molecular weight is 433 g/mol. The van der Waals surface area contributed by atoms with Gasteiger partial charge in [-0.25, -0.2) is 8.42 Å². The Morgan fingerprint density at radius 2 is 2.00 bits per heavy atom. The summed E-state index contributed by atoms with van der Waals surface area (Å²) < 4.78 is 29.2. The van der Waals surface area contributed by atoms with Crippen molar-refractivity contribution in [2.45, 2.75) is 70.9 Å². The minimum absolute atomic E-state index is 0.00152. The monoisotopic (exact) mass is 432 g/mol. The maximum atomic E-state index is 13.0. The highest BCUT2D eigenvalue weighted by molar-refractivity contribution is 7.89. The molecule has 7 nitrogen and oxygen atoms in total. The molecule has 1 atom stereocenters. The molecule has 164 valence electrons. The lowest BCUT2D eigenvalue weighted by molar-refractivity contribution is 0.0932. The molecular formula is C22H32N4O3S. The van der Waals surface area contributed by atoms with Gasteiger partial charge in [0.25, 0.3) is 5.91 Å². The first-order chi connectivity index (χ1) is 14.2. The second kappa shape index (κ2) is 8.89. The van der Waals surface area contributed by atoms with Crippen molar-refractivity contribution in [3.05, 3.63) is 46.8 Å². The molecule has 0 spiro atoms. The molecule has 1 N–H and O–H groups in total. The van der Waals surface area contributed by atoms with E-state index < -0.39 is 10.0 Å². The van der Waals surface area contributed by atoms with Crippen LogP contribution in [0, 0.1) is 6.92 Å². The normalized spacial score (nSPS) is 16.7. The average Bonchev–Trinajstić information content (AvgIpc) is 3.12. The van der Waals surface area contributed by atoms with Crippen molar-refractivity contribution < 1.29 is 13.2 Å². The number of carbonyl (C=O) groups excluding carboxylic acids is 1. The summed E-state index contributed by atoms with van der Waals surface area (Å²) >= 11 is 0. The number of fused-ring (bicyclic) bond motifs is 1. The lowest BCUT2D eigenvalue weighted by Crippen LogP contribution is -2.39. The smallest absolute Gasteiger partial charge is 0.251 e. The van der Waals surface area contributed by atoms with E-state index in [2.05, 4.69) is 24.3 Å². The fourth-order valence-corrected chi connectivity index (χ4v) is 5.56. The third-order valence-corrected chi connectivity index (χ3v) is 7.85. The second-order valence-electron chi connectivity index (χ2n) is 8.13. The number of hydrogen-bond donors (Lipinski definition) is 1. The minimum atomic E-state index is -3.61. The van der Waals surface area contributed by atoms with Crippen molar-refractivity contribution in [2.75, 3.05) is 13.1 Å². The maximum absolute atomic E-state index is 13.0. The zero-order valence-corrected chi connectivity index (χ0v) is 19.3. The van der Waals surface area contributed by atoms with Crippen molar-refractivity contribution >= 4 is 15.9 Å². The lowest BCUT2D eigenvalue weighted by atomic mass is 9.93. The van der Waals surface area contributed by atoms with E-state index in [0.717, 1.165) is 24.8 Å². The molecule has 0 unspecified atom stereocenters. The molecule has 1 amide bonds. The van der Waals surface area contributed by atoms with Crippen LogP contribution >= 0.6 is 0 Å². The highest BCUT2D eigenvalue weighted by Crippen LogP contribution is 2.25. The van der Waals surface area contributed by atoms with Gasteiger partial charge in [-0.1, -0.05) is 19.9 Å². The molecule has 1 aliphatic carbocycles. The first-order valence-electron chi connectivity index (χ1n) is 10.7. The van der Waals surface area contributed by atoms with E-state index in [0.29, 0.717) is 18.7 Å². The Kier molecular flexibility index (Phi) is 6.67. The Hall–Kier alpha value is -2.19. The third-order valence-electron chi connectivity index (χ3n) is 5.81. The van der Waals surface area contributed by atoms with Crippen LogP contribution in [0.2, 0.25) is 0 Å². The van der Waals surface area contributed by atoms with Gasteiger partial charge in [0.15, 0.2) is 0 Å². The number of nitrogens with one attached hydrogen (secondary N) is 1. The standard InChI is InChI=1S/C22H32N4O3S/c1-6-25(7-2)30(28,29)19-11-8-16(5)20(13-19)22(27)24-18-10-9-17-14-23-26(15(3)4)21(17)12-18/h8,11,13-15,18H,6-7,9-10,12H2,1-5H3,(H,24,27)/t18-/m1/s1. The highest BCUT2D eigenvalue weighted by atomic mass is 32.2. The molecule has 0 aliphatic heterocycles. The van der Waals surface area contributed by atoms with Crippen LogP contribution < -0.4 is 5.32 Å². The lowest BCUT2D eigenvalue weighted by Gasteiger charge is -2.25. The Labute approximate surface area is 179 Å². The van der Waals surface area contributed by atoms with Crippen molar-refractivity contribution in [1.82, 2.24) is 19.4 Å². The molecule has 1 aliphatic rings. The summed E-state index contributed by atoms with van der Waals surface area (Å²) in [5.41, 5.74) is 3.59. The summed E-state index contributed by atoms with van der Waals surface area (Å²) in [5.74, 6) is -0.229. The molecular weight excluding hydrogens is 400 g/mol. The van der Waals surface area contributed by atoms with Gasteiger partial charge in [0.2, 0.25) is 10.0 Å². The first kappa shape index (κ1) is 22.5. The second-order valence-corrected chi connectivity index (χ2v) is 10.1. The van der Waals surface area contributed by atoms with Gasteiger partial charge < -0.3 is 5.32 Å². The molecule has 1 heterocycles. The maximum Gasteiger partial charge on any atom is 0.251 e. The molecule has 0 saturated heterocycles. The Morgan fingerprint density at radius 3 is 2.63 bits per heavy atom. The Balaban J connectivity index is 1.82. The fraction of sp³-hybridized carbons (Fsp3) is 0.545. The van der Waals surface area contributed by atoms with Gasteiger partial charge in [0, 0.05) is 42.9 Å². The number of sulfonamides is 1. The zero-order valence-electron chi connectivity index (χ0n) is 18.5. The number of nitrogens with zero attached hydrogens (tertiary/aromatic N) is 3. The third kappa shape index (κ3) is 4.30. The van der Waals surface area contributed by atoms with E-state index in [-0.39, 0.29) is 22.9 Å². The molecule has 0 saturated carbocycles. The fourth-order valence-electron chi connectivity index (χ4n) is 4.07. The van der Waals surface area contributed by atoms with Crippen LogP contribution in [-0.4, -0.2) is 47.5 Å². The number of aromatic nitrogens is 2. The zero-order chi connectivity index (χ0) is 22.1. The van der Waals surface area contributed by atoms with Crippen LogP contribution in [0.3, 0.4) is 0 Å². The van der Waals surface area contributed by atoms with Crippen LogP contribution in [-0.2, 0) is 22.9 Å². The van der Waals surface area contributed by atoms with Crippen LogP contribution in [0.4, 0.5) is 0 Å². The van der Waals surface area contributed by atoms with E-state index in [1.807, 2.05) is 31.6 Å². The molecule has 0 bridgehead atoms. The summed E-state index contributed by atoms with van der Waals surface area (Å²) in [7, 11) is -3.61. The predicted octanol–water partition coefficient (Wildman–Crippen LogP) is 3.09.